The Morgan fingerprint density at radius 3 is 2.73 bits per heavy atom. The van der Waals surface area contributed by atoms with Gasteiger partial charge in [-0.3, -0.25) is 9.78 Å². The fourth-order valence-electron chi connectivity index (χ4n) is 3.91. The van der Waals surface area contributed by atoms with Crippen LogP contribution in [0.5, 0.6) is 0 Å². The number of nitrogens with zero attached hydrogens (tertiary/aromatic N) is 3. The highest BCUT2D eigenvalue weighted by molar-refractivity contribution is 5.63. The highest BCUT2D eigenvalue weighted by Crippen LogP contribution is 2.61. The molecule has 2 saturated carbocycles. The molecule has 3 aromatic rings. The normalized spacial score (nSPS) is 23.0. The van der Waals surface area contributed by atoms with Crippen LogP contribution in [-0.4, -0.2) is 20.1 Å². The first-order chi connectivity index (χ1) is 12.7. The maximum atomic E-state index is 12.2. The fraction of sp³-hybridized carbons (Fsp3) is 0.286. The van der Waals surface area contributed by atoms with Gasteiger partial charge in [-0.25, -0.2) is 4.98 Å². The first kappa shape index (κ1) is 15.3. The number of pyridine rings is 3. The first-order valence-electron chi connectivity index (χ1n) is 9.06. The zero-order valence-electron chi connectivity index (χ0n) is 14.4. The van der Waals surface area contributed by atoms with Gasteiger partial charge in [0.05, 0.1) is 6.54 Å². The zero-order valence-corrected chi connectivity index (χ0v) is 14.4. The molecule has 0 saturated heterocycles. The van der Waals surface area contributed by atoms with E-state index in [4.69, 9.17) is 0 Å². The van der Waals surface area contributed by atoms with Crippen LogP contribution in [0.2, 0.25) is 0 Å². The molecule has 0 spiro atoms. The van der Waals surface area contributed by atoms with E-state index >= 15 is 0 Å². The molecule has 1 N–H and O–H groups in total. The van der Waals surface area contributed by atoms with Crippen molar-refractivity contribution in [1.29, 1.82) is 0 Å². The van der Waals surface area contributed by atoms with E-state index in [0.717, 1.165) is 28.4 Å². The van der Waals surface area contributed by atoms with Crippen molar-refractivity contribution in [3.8, 4) is 11.1 Å². The van der Waals surface area contributed by atoms with Gasteiger partial charge >= 0.3 is 0 Å². The van der Waals surface area contributed by atoms with E-state index in [1.165, 1.54) is 19.3 Å². The van der Waals surface area contributed by atoms with E-state index in [9.17, 15) is 4.79 Å². The lowest BCUT2D eigenvalue weighted by Gasteiger charge is -2.27. The molecule has 0 bridgehead atoms. The number of aromatic nitrogens is 3. The SMILES string of the molecule is O=c1ccc(-c2ccc(NC34CCC3C4)nc2)cn1Cc1cccnc1. The topological polar surface area (TPSA) is 59.8 Å². The van der Waals surface area contributed by atoms with Gasteiger partial charge in [0.25, 0.3) is 5.56 Å². The third kappa shape index (κ3) is 2.69. The molecule has 130 valence electrons. The smallest absolute Gasteiger partial charge is 0.250 e. The maximum Gasteiger partial charge on any atom is 0.250 e. The Morgan fingerprint density at radius 1 is 1.15 bits per heavy atom. The Bertz CT molecular complexity index is 993. The lowest BCUT2D eigenvalue weighted by molar-refractivity contribution is 0.427. The number of hydrogen-bond acceptors (Lipinski definition) is 4. The highest BCUT2D eigenvalue weighted by Gasteiger charge is 2.61. The van der Waals surface area contributed by atoms with Crippen LogP contribution in [-0.2, 0) is 6.54 Å². The van der Waals surface area contributed by atoms with Gasteiger partial charge in [0.1, 0.15) is 5.82 Å². The number of rotatable bonds is 5. The number of fused-ring (bicyclic) bond motifs is 1. The largest absolute Gasteiger partial charge is 0.364 e. The summed E-state index contributed by atoms with van der Waals surface area (Å²) in [6.45, 7) is 0.511. The average Bonchev–Trinajstić information content (AvgIpc) is 3.18. The summed E-state index contributed by atoms with van der Waals surface area (Å²) in [5.41, 5.74) is 3.33. The van der Waals surface area contributed by atoms with Crippen molar-refractivity contribution in [2.24, 2.45) is 5.92 Å². The zero-order chi connectivity index (χ0) is 17.6. The van der Waals surface area contributed by atoms with E-state index in [-0.39, 0.29) is 5.56 Å². The van der Waals surface area contributed by atoms with Crippen LogP contribution < -0.4 is 10.9 Å². The van der Waals surface area contributed by atoms with Crippen molar-refractivity contribution in [2.45, 2.75) is 31.3 Å². The predicted molar refractivity (Wildman–Crippen MR) is 101 cm³/mol. The summed E-state index contributed by atoms with van der Waals surface area (Å²) in [7, 11) is 0. The minimum absolute atomic E-state index is 0.0206. The van der Waals surface area contributed by atoms with Gasteiger partial charge in [0.2, 0.25) is 0 Å². The van der Waals surface area contributed by atoms with Crippen LogP contribution in [0, 0.1) is 5.92 Å². The lowest BCUT2D eigenvalue weighted by atomic mass is 9.93. The molecule has 2 aliphatic carbocycles. The minimum Gasteiger partial charge on any atom is -0.364 e. The van der Waals surface area contributed by atoms with Crippen molar-refractivity contribution in [1.82, 2.24) is 14.5 Å². The lowest BCUT2D eigenvalue weighted by Crippen LogP contribution is -2.31. The van der Waals surface area contributed by atoms with Gasteiger partial charge in [-0.05, 0) is 60.6 Å². The monoisotopic (exact) mass is 344 g/mol. The number of hydrogen-bond donors (Lipinski definition) is 1. The molecule has 3 heterocycles. The molecule has 26 heavy (non-hydrogen) atoms. The Morgan fingerprint density at radius 2 is 2.08 bits per heavy atom. The summed E-state index contributed by atoms with van der Waals surface area (Å²) in [6.07, 6.45) is 11.2. The Balaban J connectivity index is 1.37. The molecule has 0 amide bonds. The molecule has 2 aliphatic rings. The third-order valence-electron chi connectivity index (χ3n) is 5.70. The van der Waals surface area contributed by atoms with Gasteiger partial charge in [0.15, 0.2) is 0 Å². The molecular formula is C21H20N4O. The molecule has 3 aromatic heterocycles. The van der Waals surface area contributed by atoms with Gasteiger partial charge in [-0.15, -0.1) is 0 Å². The summed E-state index contributed by atoms with van der Waals surface area (Å²) in [4.78, 5) is 20.9. The molecule has 0 aliphatic heterocycles. The van der Waals surface area contributed by atoms with Crippen molar-refractivity contribution in [2.75, 3.05) is 5.32 Å². The molecule has 5 rings (SSSR count). The van der Waals surface area contributed by atoms with E-state index in [1.807, 2.05) is 36.7 Å². The second kappa shape index (κ2) is 5.80. The van der Waals surface area contributed by atoms with Crippen LogP contribution in [0.15, 0.2) is 66.0 Å². The van der Waals surface area contributed by atoms with Gasteiger partial charge in [0, 0.05) is 42.0 Å². The van der Waals surface area contributed by atoms with Crippen LogP contribution in [0.1, 0.15) is 24.8 Å². The van der Waals surface area contributed by atoms with E-state index < -0.39 is 0 Å². The van der Waals surface area contributed by atoms with Crippen LogP contribution in [0.25, 0.3) is 11.1 Å². The Hall–Kier alpha value is -2.95. The molecule has 2 atom stereocenters. The van der Waals surface area contributed by atoms with Crippen molar-refractivity contribution in [3.05, 3.63) is 77.1 Å². The van der Waals surface area contributed by atoms with E-state index in [2.05, 4.69) is 21.4 Å². The molecule has 0 radical (unpaired) electrons. The highest BCUT2D eigenvalue weighted by atomic mass is 16.1. The van der Waals surface area contributed by atoms with Crippen molar-refractivity contribution >= 4 is 5.82 Å². The Kier molecular flexibility index (Phi) is 3.42. The predicted octanol–water partition coefficient (Wildman–Crippen LogP) is 3.32. The van der Waals surface area contributed by atoms with E-state index in [0.29, 0.717) is 12.1 Å². The second-order valence-electron chi connectivity index (χ2n) is 7.40. The number of anilines is 1. The van der Waals surface area contributed by atoms with E-state index in [1.54, 1.807) is 23.0 Å². The summed E-state index contributed by atoms with van der Waals surface area (Å²) >= 11 is 0. The summed E-state index contributed by atoms with van der Waals surface area (Å²) in [6, 6.07) is 11.4. The minimum atomic E-state index is -0.0206. The molecule has 2 unspecified atom stereocenters. The molecule has 5 nitrogen and oxygen atoms in total. The summed E-state index contributed by atoms with van der Waals surface area (Å²) < 4.78 is 1.71. The Labute approximate surface area is 151 Å². The molecule has 5 heteroatoms. The molecular weight excluding hydrogens is 324 g/mol. The standard InChI is InChI=1S/C21H20N4O/c26-20-6-4-17(14-25(20)13-15-2-1-9-22-11-15)16-3-5-19(23-12-16)24-21-8-7-18(21)10-21/h1-6,9,11-12,14,18H,7-8,10,13H2,(H,23,24). The van der Waals surface area contributed by atoms with Crippen LogP contribution in [0.3, 0.4) is 0 Å². The maximum absolute atomic E-state index is 12.2. The van der Waals surface area contributed by atoms with Crippen LogP contribution >= 0.6 is 0 Å². The fourth-order valence-corrected chi connectivity index (χ4v) is 3.91. The average molecular weight is 344 g/mol. The van der Waals surface area contributed by atoms with Crippen LogP contribution in [0.4, 0.5) is 5.82 Å². The first-order valence-corrected chi connectivity index (χ1v) is 9.06. The van der Waals surface area contributed by atoms with Crippen molar-refractivity contribution in [3.63, 3.8) is 0 Å². The second-order valence-corrected chi connectivity index (χ2v) is 7.40. The third-order valence-corrected chi connectivity index (χ3v) is 5.70. The number of nitrogens with one attached hydrogen (secondary N) is 1. The quantitative estimate of drug-likeness (QED) is 0.771. The molecule has 2 fully saturated rings. The van der Waals surface area contributed by atoms with Gasteiger partial charge < -0.3 is 9.88 Å². The van der Waals surface area contributed by atoms with Crippen molar-refractivity contribution < 1.29 is 0 Å². The molecule has 0 aromatic carbocycles. The van der Waals surface area contributed by atoms with Gasteiger partial charge in [-0.2, -0.15) is 0 Å². The summed E-state index contributed by atoms with van der Waals surface area (Å²) in [5.74, 6) is 1.81. The summed E-state index contributed by atoms with van der Waals surface area (Å²) in [5, 5.41) is 3.59. The van der Waals surface area contributed by atoms with Gasteiger partial charge in [-0.1, -0.05) is 6.07 Å².